The highest BCUT2D eigenvalue weighted by Crippen LogP contribution is 2.24. The molecule has 4 nitrogen and oxygen atoms in total. The van der Waals surface area contributed by atoms with Crippen molar-refractivity contribution in [3.05, 3.63) is 23.8 Å². The Morgan fingerprint density at radius 3 is 2.71 bits per heavy atom. The lowest BCUT2D eigenvalue weighted by atomic mass is 10.3. The second kappa shape index (κ2) is 3.91. The van der Waals surface area contributed by atoms with Crippen LogP contribution >= 0.6 is 0 Å². The summed E-state index contributed by atoms with van der Waals surface area (Å²) in [5.74, 6) is -3.64. The molecule has 0 aliphatic carbocycles. The van der Waals surface area contributed by atoms with Crippen LogP contribution in [-0.2, 0) is 4.79 Å². The maximum Gasteiger partial charge on any atom is 0.341 e. The number of hydrogen-bond donors (Lipinski definition) is 2. The summed E-state index contributed by atoms with van der Waals surface area (Å²) in [6.07, 6.45) is 0. The maximum absolute atomic E-state index is 13.0. The molecule has 1 rings (SSSR count). The van der Waals surface area contributed by atoms with Gasteiger partial charge in [0.1, 0.15) is 11.5 Å². The summed E-state index contributed by atoms with van der Waals surface area (Å²) in [5, 5.41) is 8.24. The van der Waals surface area contributed by atoms with Crippen molar-refractivity contribution in [1.82, 2.24) is 0 Å². The number of ether oxygens (including phenoxy) is 1. The quantitative estimate of drug-likeness (QED) is 0.719. The molecule has 0 bridgehead atoms. The monoisotopic (exact) mass is 203 g/mol. The topological polar surface area (TPSA) is 72.5 Å². The molecular formula is C8H7F2NO3. The molecule has 0 aliphatic rings. The van der Waals surface area contributed by atoms with E-state index in [-0.39, 0.29) is 5.75 Å². The number of nitrogens with two attached hydrogens (primary N) is 1. The van der Waals surface area contributed by atoms with Crippen LogP contribution < -0.4 is 10.5 Å². The zero-order chi connectivity index (χ0) is 10.7. The molecule has 0 heterocycles. The fraction of sp³-hybridized carbons (Fsp3) is 0.125. The van der Waals surface area contributed by atoms with Gasteiger partial charge in [0.2, 0.25) is 0 Å². The van der Waals surface area contributed by atoms with Crippen molar-refractivity contribution in [2.75, 3.05) is 12.3 Å². The van der Waals surface area contributed by atoms with Gasteiger partial charge in [-0.3, -0.25) is 0 Å². The fourth-order valence-electron chi connectivity index (χ4n) is 0.800. The standard InChI is InChI=1S/C8H7F2NO3/c9-4-1-2-5(7(10)8(4)11)14-3-6(12)13/h1-2H,3,11H2,(H,12,13). The van der Waals surface area contributed by atoms with Gasteiger partial charge in [0.05, 0.1) is 0 Å². The summed E-state index contributed by atoms with van der Waals surface area (Å²) < 4.78 is 30.2. The van der Waals surface area contributed by atoms with Gasteiger partial charge in [-0.25, -0.2) is 13.6 Å². The first-order valence-corrected chi connectivity index (χ1v) is 3.60. The van der Waals surface area contributed by atoms with Gasteiger partial charge < -0.3 is 15.6 Å². The second-order valence-corrected chi connectivity index (χ2v) is 2.46. The van der Waals surface area contributed by atoms with Crippen molar-refractivity contribution in [3.63, 3.8) is 0 Å². The van der Waals surface area contributed by atoms with E-state index in [1.165, 1.54) is 0 Å². The number of benzene rings is 1. The number of anilines is 1. The number of hydrogen-bond acceptors (Lipinski definition) is 3. The van der Waals surface area contributed by atoms with E-state index >= 15 is 0 Å². The van der Waals surface area contributed by atoms with Crippen LogP contribution in [0.25, 0.3) is 0 Å². The third-order valence-corrected chi connectivity index (χ3v) is 1.44. The number of carboxylic acid groups (broad SMARTS) is 1. The van der Waals surface area contributed by atoms with Crippen molar-refractivity contribution in [1.29, 1.82) is 0 Å². The molecule has 1 aromatic carbocycles. The molecule has 0 saturated carbocycles. The predicted molar refractivity (Wildman–Crippen MR) is 43.9 cm³/mol. The molecule has 0 radical (unpaired) electrons. The highest BCUT2D eigenvalue weighted by atomic mass is 19.1. The number of carboxylic acids is 1. The Labute approximate surface area is 77.9 Å². The zero-order valence-corrected chi connectivity index (χ0v) is 6.96. The van der Waals surface area contributed by atoms with E-state index in [0.717, 1.165) is 12.1 Å². The van der Waals surface area contributed by atoms with Crippen molar-refractivity contribution >= 4 is 11.7 Å². The van der Waals surface area contributed by atoms with E-state index in [4.69, 9.17) is 10.8 Å². The van der Waals surface area contributed by atoms with Crippen molar-refractivity contribution in [3.8, 4) is 5.75 Å². The minimum Gasteiger partial charge on any atom is -0.479 e. The van der Waals surface area contributed by atoms with Gasteiger partial charge in [-0.15, -0.1) is 0 Å². The minimum absolute atomic E-state index is 0.383. The Balaban J connectivity index is 2.88. The van der Waals surface area contributed by atoms with Crippen molar-refractivity contribution in [2.24, 2.45) is 0 Å². The molecular weight excluding hydrogens is 196 g/mol. The number of aliphatic carboxylic acids is 1. The SMILES string of the molecule is Nc1c(F)ccc(OCC(=O)O)c1F. The van der Waals surface area contributed by atoms with E-state index < -0.39 is 29.9 Å². The molecule has 0 aliphatic heterocycles. The minimum atomic E-state index is -1.26. The van der Waals surface area contributed by atoms with Gasteiger partial charge in [0, 0.05) is 0 Å². The second-order valence-electron chi connectivity index (χ2n) is 2.46. The summed E-state index contributed by atoms with van der Waals surface area (Å²) in [6, 6.07) is 1.87. The Kier molecular flexibility index (Phi) is 2.85. The Bertz CT molecular complexity index is 368. The molecule has 0 fully saturated rings. The van der Waals surface area contributed by atoms with Gasteiger partial charge in [-0.2, -0.15) is 0 Å². The number of carbonyl (C=O) groups is 1. The van der Waals surface area contributed by atoms with E-state index in [0.29, 0.717) is 0 Å². The highest BCUT2D eigenvalue weighted by Gasteiger charge is 2.12. The molecule has 14 heavy (non-hydrogen) atoms. The molecule has 0 unspecified atom stereocenters. The highest BCUT2D eigenvalue weighted by molar-refractivity contribution is 5.68. The van der Waals surface area contributed by atoms with Gasteiger partial charge in [0.25, 0.3) is 0 Å². The van der Waals surface area contributed by atoms with Gasteiger partial charge in [-0.1, -0.05) is 0 Å². The molecule has 0 atom stereocenters. The van der Waals surface area contributed by atoms with Crippen molar-refractivity contribution in [2.45, 2.75) is 0 Å². The fourth-order valence-corrected chi connectivity index (χ4v) is 0.800. The van der Waals surface area contributed by atoms with E-state index in [1.54, 1.807) is 0 Å². The molecule has 76 valence electrons. The molecule has 0 saturated heterocycles. The largest absolute Gasteiger partial charge is 0.479 e. The molecule has 1 aromatic rings. The van der Waals surface area contributed by atoms with Crippen LogP contribution in [0.2, 0.25) is 0 Å². The third kappa shape index (κ3) is 2.09. The van der Waals surface area contributed by atoms with Crippen LogP contribution in [0.1, 0.15) is 0 Å². The average Bonchev–Trinajstić information content (AvgIpc) is 2.13. The summed E-state index contributed by atoms with van der Waals surface area (Å²) in [4.78, 5) is 10.1. The van der Waals surface area contributed by atoms with Gasteiger partial charge in [0.15, 0.2) is 18.2 Å². The molecule has 0 aromatic heterocycles. The average molecular weight is 203 g/mol. The van der Waals surface area contributed by atoms with Crippen LogP contribution in [0, 0.1) is 11.6 Å². The van der Waals surface area contributed by atoms with Crippen LogP contribution in [0.15, 0.2) is 12.1 Å². The molecule has 6 heteroatoms. The van der Waals surface area contributed by atoms with Crippen LogP contribution in [0.3, 0.4) is 0 Å². The van der Waals surface area contributed by atoms with Crippen LogP contribution in [0.5, 0.6) is 5.75 Å². The zero-order valence-electron chi connectivity index (χ0n) is 6.96. The lowest BCUT2D eigenvalue weighted by Gasteiger charge is -2.06. The normalized spacial score (nSPS) is 9.86. The Morgan fingerprint density at radius 1 is 1.50 bits per heavy atom. The summed E-state index contributed by atoms with van der Waals surface area (Å²) >= 11 is 0. The smallest absolute Gasteiger partial charge is 0.341 e. The lowest BCUT2D eigenvalue weighted by molar-refractivity contribution is -0.139. The van der Waals surface area contributed by atoms with Crippen LogP contribution in [-0.4, -0.2) is 17.7 Å². The number of rotatable bonds is 3. The molecule has 0 amide bonds. The van der Waals surface area contributed by atoms with E-state index in [1.807, 2.05) is 0 Å². The Morgan fingerprint density at radius 2 is 2.14 bits per heavy atom. The first kappa shape index (κ1) is 10.2. The first-order chi connectivity index (χ1) is 6.52. The number of halogens is 2. The summed E-state index contributed by atoms with van der Waals surface area (Å²) in [7, 11) is 0. The van der Waals surface area contributed by atoms with Gasteiger partial charge >= 0.3 is 5.97 Å². The Hall–Kier alpha value is -1.85. The number of nitrogen functional groups attached to an aromatic ring is 1. The van der Waals surface area contributed by atoms with E-state index in [2.05, 4.69) is 4.74 Å². The van der Waals surface area contributed by atoms with Gasteiger partial charge in [-0.05, 0) is 12.1 Å². The maximum atomic E-state index is 13.0. The molecule has 3 N–H and O–H groups in total. The third-order valence-electron chi connectivity index (χ3n) is 1.44. The lowest BCUT2D eigenvalue weighted by Crippen LogP contribution is -2.11. The first-order valence-electron chi connectivity index (χ1n) is 3.60. The predicted octanol–water partition coefficient (Wildman–Crippen LogP) is 1.01. The van der Waals surface area contributed by atoms with Crippen molar-refractivity contribution < 1.29 is 23.4 Å². The summed E-state index contributed by atoms with van der Waals surface area (Å²) in [5.41, 5.74) is 4.32. The molecule has 0 spiro atoms. The van der Waals surface area contributed by atoms with Crippen LogP contribution in [0.4, 0.5) is 14.5 Å². The van der Waals surface area contributed by atoms with E-state index in [9.17, 15) is 13.6 Å². The summed E-state index contributed by atoms with van der Waals surface area (Å²) in [6.45, 7) is -0.706.